The number of aromatic nitrogens is 1. The Morgan fingerprint density at radius 1 is 1.16 bits per heavy atom. The Bertz CT molecular complexity index is 927. The number of hydrogen-bond donors (Lipinski definition) is 0. The fourth-order valence-electron chi connectivity index (χ4n) is 2.65. The van der Waals surface area contributed by atoms with E-state index in [4.69, 9.17) is 0 Å². The van der Waals surface area contributed by atoms with Gasteiger partial charge in [-0.05, 0) is 30.7 Å². The molecule has 0 radical (unpaired) electrons. The van der Waals surface area contributed by atoms with Gasteiger partial charge >= 0.3 is 11.9 Å². The number of rotatable bonds is 4. The van der Waals surface area contributed by atoms with Crippen molar-refractivity contribution in [3.05, 3.63) is 66.1 Å². The highest BCUT2D eigenvalue weighted by Crippen LogP contribution is 2.40. The number of pyridine rings is 1. The molecule has 1 aromatic heterocycles. The molecule has 2 aromatic carbocycles. The number of ether oxygens (including phenoxy) is 1. The highest BCUT2D eigenvalue weighted by molar-refractivity contribution is 5.98. The molecular weight excluding hydrogens is 331 g/mol. The average molecular weight is 345 g/mol. The van der Waals surface area contributed by atoms with Gasteiger partial charge in [0, 0.05) is 17.1 Å². The minimum atomic E-state index is -3.91. The second-order valence-electron chi connectivity index (χ2n) is 5.37. The zero-order valence-corrected chi connectivity index (χ0v) is 13.3. The third kappa shape index (κ3) is 3.07. The van der Waals surface area contributed by atoms with Gasteiger partial charge in [0.05, 0.1) is 17.7 Å². The first-order valence-corrected chi connectivity index (χ1v) is 7.64. The molecule has 0 saturated carbocycles. The topological polar surface area (TPSA) is 39.2 Å². The number of hydrogen-bond acceptors (Lipinski definition) is 3. The van der Waals surface area contributed by atoms with E-state index in [9.17, 15) is 18.0 Å². The SMILES string of the molecule is CCOC(=O)C(F)(F)c1cnc2ccc(F)cc2c1-c1ccccc1. The van der Waals surface area contributed by atoms with Crippen LogP contribution in [0.15, 0.2) is 54.7 Å². The minimum Gasteiger partial charge on any atom is -0.461 e. The van der Waals surface area contributed by atoms with Crippen LogP contribution in [0.1, 0.15) is 12.5 Å². The van der Waals surface area contributed by atoms with E-state index in [2.05, 4.69) is 9.72 Å². The van der Waals surface area contributed by atoms with Crippen molar-refractivity contribution in [3.8, 4) is 11.1 Å². The molecule has 0 saturated heterocycles. The lowest BCUT2D eigenvalue weighted by molar-refractivity contribution is -0.173. The van der Waals surface area contributed by atoms with E-state index >= 15 is 0 Å². The molecule has 3 aromatic rings. The van der Waals surface area contributed by atoms with Crippen LogP contribution in [0, 0.1) is 5.82 Å². The van der Waals surface area contributed by atoms with Crippen molar-refractivity contribution in [2.75, 3.05) is 6.61 Å². The van der Waals surface area contributed by atoms with Crippen molar-refractivity contribution in [3.63, 3.8) is 0 Å². The van der Waals surface area contributed by atoms with Crippen molar-refractivity contribution < 1.29 is 22.7 Å². The third-order valence-corrected chi connectivity index (χ3v) is 3.76. The molecule has 0 aliphatic carbocycles. The zero-order valence-electron chi connectivity index (χ0n) is 13.3. The number of benzene rings is 2. The molecule has 0 fully saturated rings. The second-order valence-corrected chi connectivity index (χ2v) is 5.37. The average Bonchev–Trinajstić information content (AvgIpc) is 2.61. The lowest BCUT2D eigenvalue weighted by Gasteiger charge is -2.20. The first-order valence-electron chi connectivity index (χ1n) is 7.64. The van der Waals surface area contributed by atoms with Crippen LogP contribution in [-0.4, -0.2) is 17.6 Å². The zero-order chi connectivity index (χ0) is 18.0. The summed E-state index contributed by atoms with van der Waals surface area (Å²) in [5, 5.41) is 0.202. The Hall–Kier alpha value is -2.89. The van der Waals surface area contributed by atoms with Gasteiger partial charge in [0.1, 0.15) is 5.82 Å². The molecule has 3 nitrogen and oxygen atoms in total. The molecule has 0 unspecified atom stereocenters. The molecule has 1 heterocycles. The van der Waals surface area contributed by atoms with Crippen molar-refractivity contribution in [2.24, 2.45) is 0 Å². The predicted molar refractivity (Wildman–Crippen MR) is 87.7 cm³/mol. The largest absolute Gasteiger partial charge is 0.461 e. The van der Waals surface area contributed by atoms with E-state index in [1.165, 1.54) is 19.1 Å². The Kier molecular flexibility index (Phi) is 4.44. The lowest BCUT2D eigenvalue weighted by Crippen LogP contribution is -2.29. The van der Waals surface area contributed by atoms with Gasteiger partial charge in [-0.25, -0.2) is 9.18 Å². The van der Waals surface area contributed by atoms with E-state index in [0.29, 0.717) is 11.1 Å². The second kappa shape index (κ2) is 6.55. The summed E-state index contributed by atoms with van der Waals surface area (Å²) in [7, 11) is 0. The van der Waals surface area contributed by atoms with Crippen LogP contribution in [0.5, 0.6) is 0 Å². The van der Waals surface area contributed by atoms with Crippen molar-refractivity contribution in [2.45, 2.75) is 12.8 Å². The van der Waals surface area contributed by atoms with Gasteiger partial charge in [-0.2, -0.15) is 8.78 Å². The molecule has 0 amide bonds. The summed E-state index contributed by atoms with van der Waals surface area (Å²) in [5.74, 6) is -6.15. The van der Waals surface area contributed by atoms with Gasteiger partial charge in [-0.1, -0.05) is 30.3 Å². The number of alkyl halides is 2. The van der Waals surface area contributed by atoms with Crippen LogP contribution in [0.2, 0.25) is 0 Å². The van der Waals surface area contributed by atoms with Gasteiger partial charge in [0.15, 0.2) is 0 Å². The first-order chi connectivity index (χ1) is 11.9. The number of carbonyl (C=O) groups is 1. The third-order valence-electron chi connectivity index (χ3n) is 3.76. The van der Waals surface area contributed by atoms with Gasteiger partial charge in [-0.15, -0.1) is 0 Å². The summed E-state index contributed by atoms with van der Waals surface area (Å²) in [6.45, 7) is 1.27. The normalized spacial score (nSPS) is 11.5. The smallest absolute Gasteiger partial charge is 0.382 e. The van der Waals surface area contributed by atoms with E-state index in [-0.39, 0.29) is 17.6 Å². The maximum Gasteiger partial charge on any atom is 0.382 e. The van der Waals surface area contributed by atoms with Gasteiger partial charge in [-0.3, -0.25) is 4.98 Å². The monoisotopic (exact) mass is 345 g/mol. The molecule has 6 heteroatoms. The number of carbonyl (C=O) groups excluding carboxylic acids is 1. The Labute approximate surface area is 142 Å². The molecule has 0 bridgehead atoms. The summed E-state index contributed by atoms with van der Waals surface area (Å²) in [4.78, 5) is 15.7. The molecular formula is C19H14F3NO2. The molecule has 3 rings (SSSR count). The molecule has 0 N–H and O–H groups in total. The van der Waals surface area contributed by atoms with E-state index < -0.39 is 23.3 Å². The Balaban J connectivity index is 2.34. The minimum absolute atomic E-state index is 0.0585. The molecule has 25 heavy (non-hydrogen) atoms. The number of fused-ring (bicyclic) bond motifs is 1. The summed E-state index contributed by atoms with van der Waals surface area (Å²) in [6, 6.07) is 12.1. The Morgan fingerprint density at radius 3 is 2.56 bits per heavy atom. The number of halogens is 3. The van der Waals surface area contributed by atoms with Crippen LogP contribution in [0.3, 0.4) is 0 Å². The van der Waals surface area contributed by atoms with Crippen LogP contribution in [0.25, 0.3) is 22.0 Å². The fraction of sp³-hybridized carbons (Fsp3) is 0.158. The fourth-order valence-corrected chi connectivity index (χ4v) is 2.65. The van der Waals surface area contributed by atoms with Crippen LogP contribution < -0.4 is 0 Å². The summed E-state index contributed by atoms with van der Waals surface area (Å²) < 4.78 is 47.6. The number of esters is 1. The standard InChI is InChI=1S/C19H14F3NO2/c1-2-25-18(24)19(21,22)15-11-23-16-9-8-13(20)10-14(16)17(15)12-6-4-3-5-7-12/h3-11H,2H2,1H3. The highest BCUT2D eigenvalue weighted by atomic mass is 19.3. The van der Waals surface area contributed by atoms with Gasteiger partial charge in [0.25, 0.3) is 0 Å². The summed E-state index contributed by atoms with van der Waals surface area (Å²) >= 11 is 0. The molecule has 128 valence electrons. The molecule has 0 aliphatic rings. The predicted octanol–water partition coefficient (Wildman–Crippen LogP) is 4.70. The van der Waals surface area contributed by atoms with Gasteiger partial charge in [0.2, 0.25) is 0 Å². The van der Waals surface area contributed by atoms with Gasteiger partial charge < -0.3 is 4.74 Å². The molecule has 0 atom stereocenters. The maximum atomic E-state index is 14.7. The van der Waals surface area contributed by atoms with E-state index in [0.717, 1.165) is 12.3 Å². The highest BCUT2D eigenvalue weighted by Gasteiger charge is 2.45. The van der Waals surface area contributed by atoms with E-state index in [1.807, 2.05) is 0 Å². The van der Waals surface area contributed by atoms with Crippen LogP contribution in [-0.2, 0) is 15.5 Å². The maximum absolute atomic E-state index is 14.7. The Morgan fingerprint density at radius 2 is 1.88 bits per heavy atom. The number of nitrogens with zero attached hydrogens (tertiary/aromatic N) is 1. The van der Waals surface area contributed by atoms with Crippen molar-refractivity contribution >= 4 is 16.9 Å². The molecule has 0 aliphatic heterocycles. The van der Waals surface area contributed by atoms with Crippen molar-refractivity contribution in [1.29, 1.82) is 0 Å². The first kappa shape index (κ1) is 17.0. The molecule has 0 spiro atoms. The van der Waals surface area contributed by atoms with Crippen LogP contribution in [0.4, 0.5) is 13.2 Å². The lowest BCUT2D eigenvalue weighted by atomic mass is 9.93. The quantitative estimate of drug-likeness (QED) is 0.644. The summed E-state index contributed by atoms with van der Waals surface area (Å²) in [5.41, 5.74) is 0.224. The van der Waals surface area contributed by atoms with E-state index in [1.54, 1.807) is 30.3 Å². The van der Waals surface area contributed by atoms with Crippen molar-refractivity contribution in [1.82, 2.24) is 4.98 Å². The van der Waals surface area contributed by atoms with Crippen LogP contribution >= 0.6 is 0 Å². The summed E-state index contributed by atoms with van der Waals surface area (Å²) in [6.07, 6.45) is 0.944.